The Morgan fingerprint density at radius 2 is 2.23 bits per heavy atom. The van der Waals surface area contributed by atoms with Gasteiger partial charge in [-0.15, -0.1) is 0 Å². The van der Waals surface area contributed by atoms with Gasteiger partial charge in [0, 0.05) is 11.8 Å². The zero-order valence-electron chi connectivity index (χ0n) is 7.63. The number of carbonyl (C=O) groups excluding carboxylic acids is 1. The molecule has 13 heavy (non-hydrogen) atoms. The molecule has 0 saturated heterocycles. The number of amides is 1. The zero-order chi connectivity index (χ0) is 9.42. The van der Waals surface area contributed by atoms with E-state index < -0.39 is 0 Å². The maximum absolute atomic E-state index is 11.3. The van der Waals surface area contributed by atoms with Crippen molar-refractivity contribution in [3.8, 4) is 5.75 Å². The summed E-state index contributed by atoms with van der Waals surface area (Å²) in [5.41, 5.74) is 1.92. The minimum absolute atomic E-state index is 0.0408. The summed E-state index contributed by atoms with van der Waals surface area (Å²) in [6.07, 6.45) is 0. The summed E-state index contributed by atoms with van der Waals surface area (Å²) in [7, 11) is 1.61. The van der Waals surface area contributed by atoms with Crippen molar-refractivity contribution in [2.24, 2.45) is 0 Å². The average molecular weight is 177 g/mol. The first kappa shape index (κ1) is 8.10. The standard InChI is InChI=1S/C10H11NO2/c1-6-8-4-3-7(13-2)5-9(8)11-10(6)12/h3-6H,1-2H3,(H,11,12). The number of benzene rings is 1. The second-order valence-electron chi connectivity index (χ2n) is 3.16. The minimum Gasteiger partial charge on any atom is -0.497 e. The maximum Gasteiger partial charge on any atom is 0.231 e. The van der Waals surface area contributed by atoms with Crippen molar-refractivity contribution in [3.63, 3.8) is 0 Å². The molecule has 1 N–H and O–H groups in total. The minimum atomic E-state index is -0.0408. The van der Waals surface area contributed by atoms with Crippen LogP contribution in [0.2, 0.25) is 0 Å². The molecular formula is C10H11NO2. The Balaban J connectivity index is 2.46. The van der Waals surface area contributed by atoms with Gasteiger partial charge in [0.1, 0.15) is 5.75 Å². The van der Waals surface area contributed by atoms with Crippen molar-refractivity contribution >= 4 is 11.6 Å². The Morgan fingerprint density at radius 3 is 2.92 bits per heavy atom. The number of carbonyl (C=O) groups is 1. The van der Waals surface area contributed by atoms with Crippen LogP contribution in [0.3, 0.4) is 0 Å². The van der Waals surface area contributed by atoms with E-state index in [9.17, 15) is 4.79 Å². The molecule has 2 rings (SSSR count). The van der Waals surface area contributed by atoms with Crippen molar-refractivity contribution in [1.29, 1.82) is 0 Å². The number of rotatable bonds is 1. The van der Waals surface area contributed by atoms with Crippen LogP contribution in [-0.4, -0.2) is 13.0 Å². The van der Waals surface area contributed by atoms with Gasteiger partial charge in [0.2, 0.25) is 5.91 Å². The fourth-order valence-electron chi connectivity index (χ4n) is 1.53. The average Bonchev–Trinajstić information content (AvgIpc) is 2.42. The lowest BCUT2D eigenvalue weighted by molar-refractivity contribution is -0.116. The molecule has 1 aliphatic rings. The summed E-state index contributed by atoms with van der Waals surface area (Å²) in [6.45, 7) is 1.90. The normalized spacial score (nSPS) is 19.5. The number of fused-ring (bicyclic) bond motifs is 1. The van der Waals surface area contributed by atoms with E-state index in [0.29, 0.717) is 0 Å². The predicted molar refractivity (Wildman–Crippen MR) is 50.0 cm³/mol. The molecule has 0 fully saturated rings. The van der Waals surface area contributed by atoms with Gasteiger partial charge in [0.15, 0.2) is 0 Å². The highest BCUT2D eigenvalue weighted by Crippen LogP contribution is 2.34. The summed E-state index contributed by atoms with van der Waals surface area (Å²) < 4.78 is 5.06. The molecule has 1 aromatic rings. The molecule has 3 nitrogen and oxygen atoms in total. The van der Waals surface area contributed by atoms with E-state index in [-0.39, 0.29) is 11.8 Å². The number of hydrogen-bond donors (Lipinski definition) is 1. The van der Waals surface area contributed by atoms with E-state index in [1.54, 1.807) is 7.11 Å². The fraction of sp³-hybridized carbons (Fsp3) is 0.300. The molecular weight excluding hydrogens is 166 g/mol. The SMILES string of the molecule is COc1ccc2c(c1)NC(=O)C2C. The topological polar surface area (TPSA) is 38.3 Å². The maximum atomic E-state index is 11.3. The molecule has 0 radical (unpaired) electrons. The fourth-order valence-corrected chi connectivity index (χ4v) is 1.53. The first-order chi connectivity index (χ1) is 6.22. The van der Waals surface area contributed by atoms with Gasteiger partial charge in [-0.2, -0.15) is 0 Å². The van der Waals surface area contributed by atoms with Crippen molar-refractivity contribution in [1.82, 2.24) is 0 Å². The van der Waals surface area contributed by atoms with E-state index in [1.165, 1.54) is 0 Å². The molecule has 0 bridgehead atoms. The van der Waals surface area contributed by atoms with Crippen LogP contribution in [0.1, 0.15) is 18.4 Å². The van der Waals surface area contributed by atoms with Crippen molar-refractivity contribution in [2.45, 2.75) is 12.8 Å². The molecule has 3 heteroatoms. The third kappa shape index (κ3) is 1.16. The van der Waals surface area contributed by atoms with Gasteiger partial charge in [-0.3, -0.25) is 4.79 Å². The summed E-state index contributed by atoms with van der Waals surface area (Å²) in [5.74, 6) is 0.789. The second kappa shape index (κ2) is 2.76. The summed E-state index contributed by atoms with van der Waals surface area (Å²) in [4.78, 5) is 11.3. The molecule has 0 spiro atoms. The van der Waals surface area contributed by atoms with Gasteiger partial charge in [-0.05, 0) is 18.6 Å². The third-order valence-electron chi connectivity index (χ3n) is 2.38. The Bertz CT molecular complexity index is 360. The van der Waals surface area contributed by atoms with E-state index >= 15 is 0 Å². The van der Waals surface area contributed by atoms with Crippen LogP contribution in [0.15, 0.2) is 18.2 Å². The van der Waals surface area contributed by atoms with Crippen molar-refractivity contribution < 1.29 is 9.53 Å². The van der Waals surface area contributed by atoms with Crippen LogP contribution in [0, 0.1) is 0 Å². The van der Waals surface area contributed by atoms with Crippen LogP contribution in [-0.2, 0) is 4.79 Å². The van der Waals surface area contributed by atoms with E-state index in [2.05, 4.69) is 5.32 Å². The van der Waals surface area contributed by atoms with Crippen molar-refractivity contribution in [3.05, 3.63) is 23.8 Å². The number of hydrogen-bond acceptors (Lipinski definition) is 2. The molecule has 1 amide bonds. The van der Waals surface area contributed by atoms with Gasteiger partial charge < -0.3 is 10.1 Å². The van der Waals surface area contributed by atoms with Crippen LogP contribution in [0.25, 0.3) is 0 Å². The monoisotopic (exact) mass is 177 g/mol. The van der Waals surface area contributed by atoms with E-state index in [4.69, 9.17) is 4.74 Å². The Morgan fingerprint density at radius 1 is 1.46 bits per heavy atom. The number of nitrogens with one attached hydrogen (secondary N) is 1. The highest BCUT2D eigenvalue weighted by molar-refractivity contribution is 6.02. The molecule has 1 aliphatic heterocycles. The molecule has 0 saturated carbocycles. The number of ether oxygens (including phenoxy) is 1. The molecule has 1 heterocycles. The van der Waals surface area contributed by atoms with Gasteiger partial charge in [-0.25, -0.2) is 0 Å². The van der Waals surface area contributed by atoms with Crippen LogP contribution < -0.4 is 10.1 Å². The summed E-state index contributed by atoms with van der Waals surface area (Å²) >= 11 is 0. The highest BCUT2D eigenvalue weighted by Gasteiger charge is 2.26. The predicted octanol–water partition coefficient (Wildman–Crippen LogP) is 1.75. The smallest absolute Gasteiger partial charge is 0.231 e. The van der Waals surface area contributed by atoms with Gasteiger partial charge in [0.25, 0.3) is 0 Å². The van der Waals surface area contributed by atoms with Crippen LogP contribution in [0.5, 0.6) is 5.75 Å². The Labute approximate surface area is 76.7 Å². The van der Waals surface area contributed by atoms with E-state index in [1.807, 2.05) is 25.1 Å². The lowest BCUT2D eigenvalue weighted by atomic mass is 10.0. The lowest BCUT2D eigenvalue weighted by Gasteiger charge is -2.03. The zero-order valence-corrected chi connectivity index (χ0v) is 7.63. The molecule has 0 aromatic heterocycles. The van der Waals surface area contributed by atoms with Gasteiger partial charge in [0.05, 0.1) is 13.0 Å². The second-order valence-corrected chi connectivity index (χ2v) is 3.16. The summed E-state index contributed by atoms with van der Waals surface area (Å²) in [5, 5.41) is 2.80. The first-order valence-corrected chi connectivity index (χ1v) is 4.21. The van der Waals surface area contributed by atoms with Crippen LogP contribution >= 0.6 is 0 Å². The number of methoxy groups -OCH3 is 1. The molecule has 68 valence electrons. The Kier molecular flexibility index (Phi) is 1.72. The van der Waals surface area contributed by atoms with Gasteiger partial charge in [-0.1, -0.05) is 6.07 Å². The number of anilines is 1. The third-order valence-corrected chi connectivity index (χ3v) is 2.38. The van der Waals surface area contributed by atoms with Gasteiger partial charge >= 0.3 is 0 Å². The highest BCUT2D eigenvalue weighted by atomic mass is 16.5. The quantitative estimate of drug-likeness (QED) is 0.709. The van der Waals surface area contributed by atoms with Crippen LogP contribution in [0.4, 0.5) is 5.69 Å². The molecule has 0 aliphatic carbocycles. The lowest BCUT2D eigenvalue weighted by Crippen LogP contribution is -2.08. The molecule has 1 unspecified atom stereocenters. The first-order valence-electron chi connectivity index (χ1n) is 4.21. The Hall–Kier alpha value is -1.51. The summed E-state index contributed by atoms with van der Waals surface area (Å²) in [6, 6.07) is 5.64. The molecule has 1 atom stereocenters. The largest absolute Gasteiger partial charge is 0.497 e. The van der Waals surface area contributed by atoms with E-state index in [0.717, 1.165) is 17.0 Å². The molecule has 1 aromatic carbocycles. The van der Waals surface area contributed by atoms with Crippen molar-refractivity contribution in [2.75, 3.05) is 12.4 Å².